The maximum Gasteiger partial charge on any atom is 0.416 e. The van der Waals surface area contributed by atoms with Crippen LogP contribution in [0.4, 0.5) is 13.2 Å². The number of carboxylic acid groups (broad SMARTS) is 1. The van der Waals surface area contributed by atoms with Crippen LogP contribution < -0.4 is 0 Å². The lowest BCUT2D eigenvalue weighted by Crippen LogP contribution is -2.05. The standard InChI is InChI=1S/C17H12F3NO3S/c18-17(19,20)13-6-11(10-3-4-25-9-10)5-12(7-13)14-8-24-15(21-14)1-2-16(22)23/h3-9H,1-2H2,(H,22,23). The zero-order valence-electron chi connectivity index (χ0n) is 12.7. The number of hydrogen-bond acceptors (Lipinski definition) is 4. The third-order valence-electron chi connectivity index (χ3n) is 3.52. The Kier molecular flexibility index (Phi) is 4.63. The van der Waals surface area contributed by atoms with Gasteiger partial charge in [-0.15, -0.1) is 0 Å². The molecule has 4 nitrogen and oxygen atoms in total. The smallest absolute Gasteiger partial charge is 0.416 e. The minimum absolute atomic E-state index is 0.0751. The number of carboxylic acids is 1. The van der Waals surface area contributed by atoms with Gasteiger partial charge in [-0.05, 0) is 46.2 Å². The van der Waals surface area contributed by atoms with Crippen LogP contribution in [0.15, 0.2) is 45.7 Å². The molecule has 1 N–H and O–H groups in total. The van der Waals surface area contributed by atoms with Gasteiger partial charge >= 0.3 is 12.1 Å². The summed E-state index contributed by atoms with van der Waals surface area (Å²) in [5, 5.41) is 12.2. The Bertz CT molecular complexity index is 885. The second kappa shape index (κ2) is 6.72. The van der Waals surface area contributed by atoms with E-state index in [1.807, 2.05) is 0 Å². The molecule has 3 rings (SSSR count). The summed E-state index contributed by atoms with van der Waals surface area (Å²) in [6, 6.07) is 5.45. The minimum Gasteiger partial charge on any atom is -0.481 e. The summed E-state index contributed by atoms with van der Waals surface area (Å²) in [6.07, 6.45) is -3.34. The zero-order chi connectivity index (χ0) is 18.0. The van der Waals surface area contributed by atoms with Gasteiger partial charge in [-0.3, -0.25) is 4.79 Å². The average molecular weight is 367 g/mol. The Labute approximate surface area is 144 Å². The number of carbonyl (C=O) groups is 1. The minimum atomic E-state index is -4.49. The van der Waals surface area contributed by atoms with Crippen molar-refractivity contribution in [2.24, 2.45) is 0 Å². The van der Waals surface area contributed by atoms with Crippen molar-refractivity contribution in [2.75, 3.05) is 0 Å². The first-order valence-electron chi connectivity index (χ1n) is 7.24. The Morgan fingerprint density at radius 2 is 1.96 bits per heavy atom. The lowest BCUT2D eigenvalue weighted by molar-refractivity contribution is -0.138. The van der Waals surface area contributed by atoms with E-state index in [-0.39, 0.29) is 30.0 Å². The van der Waals surface area contributed by atoms with Crippen molar-refractivity contribution >= 4 is 17.3 Å². The molecule has 8 heteroatoms. The lowest BCUT2D eigenvalue weighted by atomic mass is 10.00. The van der Waals surface area contributed by atoms with Gasteiger partial charge in [0, 0.05) is 12.0 Å². The third kappa shape index (κ3) is 4.08. The van der Waals surface area contributed by atoms with Crippen LogP contribution in [0.1, 0.15) is 17.9 Å². The highest BCUT2D eigenvalue weighted by molar-refractivity contribution is 7.08. The highest BCUT2D eigenvalue weighted by Gasteiger charge is 2.31. The molecule has 130 valence electrons. The van der Waals surface area contributed by atoms with Crippen molar-refractivity contribution in [3.05, 3.63) is 52.7 Å². The Morgan fingerprint density at radius 1 is 1.20 bits per heavy atom. The van der Waals surface area contributed by atoms with Gasteiger partial charge in [0.05, 0.1) is 12.0 Å². The first-order valence-corrected chi connectivity index (χ1v) is 8.18. The number of aryl methyl sites for hydroxylation is 1. The fourth-order valence-electron chi connectivity index (χ4n) is 2.31. The molecular formula is C17H12F3NO3S. The van der Waals surface area contributed by atoms with E-state index in [1.165, 1.54) is 17.6 Å². The van der Waals surface area contributed by atoms with Crippen LogP contribution in [0, 0.1) is 0 Å². The van der Waals surface area contributed by atoms with Gasteiger partial charge in [-0.2, -0.15) is 24.5 Å². The summed E-state index contributed by atoms with van der Waals surface area (Å²) in [6.45, 7) is 0. The average Bonchev–Trinajstić information content (AvgIpc) is 3.23. The molecule has 0 atom stereocenters. The van der Waals surface area contributed by atoms with Crippen LogP contribution in [0.3, 0.4) is 0 Å². The van der Waals surface area contributed by atoms with E-state index in [2.05, 4.69) is 4.98 Å². The van der Waals surface area contributed by atoms with Crippen molar-refractivity contribution in [3.8, 4) is 22.4 Å². The number of nitrogens with zero attached hydrogens (tertiary/aromatic N) is 1. The predicted octanol–water partition coefficient (Wildman–Crippen LogP) is 5.11. The van der Waals surface area contributed by atoms with Crippen molar-refractivity contribution < 1.29 is 27.5 Å². The van der Waals surface area contributed by atoms with E-state index < -0.39 is 17.7 Å². The second-order valence-electron chi connectivity index (χ2n) is 5.33. The zero-order valence-corrected chi connectivity index (χ0v) is 13.5. The quantitative estimate of drug-likeness (QED) is 0.681. The normalized spacial score (nSPS) is 11.6. The molecule has 3 aromatic rings. The van der Waals surface area contributed by atoms with Gasteiger partial charge in [0.2, 0.25) is 0 Å². The predicted molar refractivity (Wildman–Crippen MR) is 86.2 cm³/mol. The van der Waals surface area contributed by atoms with Crippen LogP contribution in [0.25, 0.3) is 22.4 Å². The molecule has 0 amide bonds. The summed E-state index contributed by atoms with van der Waals surface area (Å²) < 4.78 is 44.8. The number of thiophene rings is 1. The molecule has 0 aliphatic heterocycles. The van der Waals surface area contributed by atoms with E-state index in [1.54, 1.807) is 22.9 Å². The van der Waals surface area contributed by atoms with Crippen LogP contribution >= 0.6 is 11.3 Å². The van der Waals surface area contributed by atoms with Crippen molar-refractivity contribution in [1.29, 1.82) is 0 Å². The molecule has 25 heavy (non-hydrogen) atoms. The monoisotopic (exact) mass is 367 g/mol. The lowest BCUT2D eigenvalue weighted by Gasteiger charge is -2.10. The molecule has 2 aromatic heterocycles. The molecule has 0 fully saturated rings. The van der Waals surface area contributed by atoms with Crippen LogP contribution in [0.2, 0.25) is 0 Å². The molecule has 2 heterocycles. The van der Waals surface area contributed by atoms with Crippen molar-refractivity contribution in [2.45, 2.75) is 19.0 Å². The highest BCUT2D eigenvalue weighted by Crippen LogP contribution is 2.36. The SMILES string of the molecule is O=C(O)CCc1nc(-c2cc(-c3ccsc3)cc(C(F)(F)F)c2)co1. The number of alkyl halides is 3. The van der Waals surface area contributed by atoms with Crippen LogP contribution in [-0.4, -0.2) is 16.1 Å². The molecule has 0 saturated heterocycles. The fraction of sp³-hybridized carbons (Fsp3) is 0.176. The second-order valence-corrected chi connectivity index (χ2v) is 6.11. The van der Waals surface area contributed by atoms with Crippen molar-refractivity contribution in [1.82, 2.24) is 4.98 Å². The van der Waals surface area contributed by atoms with E-state index in [4.69, 9.17) is 9.52 Å². The maximum absolute atomic E-state index is 13.2. The number of rotatable bonds is 5. The summed E-state index contributed by atoms with van der Waals surface area (Å²) in [5.41, 5.74) is 0.846. The molecule has 0 aliphatic carbocycles. The van der Waals surface area contributed by atoms with E-state index in [0.29, 0.717) is 11.1 Å². The molecule has 0 radical (unpaired) electrons. The largest absolute Gasteiger partial charge is 0.481 e. The molecule has 0 spiro atoms. The van der Waals surface area contributed by atoms with Crippen molar-refractivity contribution in [3.63, 3.8) is 0 Å². The van der Waals surface area contributed by atoms with Gasteiger partial charge in [0.15, 0.2) is 5.89 Å². The van der Waals surface area contributed by atoms with Gasteiger partial charge in [0.1, 0.15) is 12.0 Å². The fourth-order valence-corrected chi connectivity index (χ4v) is 2.97. The first-order chi connectivity index (χ1) is 11.8. The highest BCUT2D eigenvalue weighted by atomic mass is 32.1. The van der Waals surface area contributed by atoms with Gasteiger partial charge in [0.25, 0.3) is 0 Å². The van der Waals surface area contributed by atoms with Crippen LogP contribution in [0.5, 0.6) is 0 Å². The van der Waals surface area contributed by atoms with E-state index in [9.17, 15) is 18.0 Å². The molecule has 1 aromatic carbocycles. The van der Waals surface area contributed by atoms with Crippen LogP contribution in [-0.2, 0) is 17.4 Å². The molecule has 0 aliphatic rings. The topological polar surface area (TPSA) is 63.3 Å². The summed E-state index contributed by atoms with van der Waals surface area (Å²) in [4.78, 5) is 14.7. The van der Waals surface area contributed by atoms with Gasteiger partial charge in [-0.25, -0.2) is 4.98 Å². The number of aromatic nitrogens is 1. The number of benzene rings is 1. The Hall–Kier alpha value is -2.61. The number of oxazole rings is 1. The number of aliphatic carboxylic acids is 1. The summed E-state index contributed by atoms with van der Waals surface area (Å²) in [7, 11) is 0. The molecule has 0 saturated carbocycles. The first kappa shape index (κ1) is 17.2. The summed E-state index contributed by atoms with van der Waals surface area (Å²) in [5.74, 6) is -0.828. The molecular weight excluding hydrogens is 355 g/mol. The molecule has 0 bridgehead atoms. The number of halogens is 3. The third-order valence-corrected chi connectivity index (χ3v) is 4.20. The van der Waals surface area contributed by atoms with Gasteiger partial charge in [-0.1, -0.05) is 0 Å². The van der Waals surface area contributed by atoms with Gasteiger partial charge < -0.3 is 9.52 Å². The number of hydrogen-bond donors (Lipinski definition) is 1. The summed E-state index contributed by atoms with van der Waals surface area (Å²) >= 11 is 1.39. The Morgan fingerprint density at radius 3 is 2.60 bits per heavy atom. The maximum atomic E-state index is 13.2. The molecule has 0 unspecified atom stereocenters. The Balaban J connectivity index is 2.00. The van der Waals surface area contributed by atoms with E-state index >= 15 is 0 Å². The van der Waals surface area contributed by atoms with E-state index in [0.717, 1.165) is 12.1 Å².